The number of anilines is 1. The maximum atomic E-state index is 12.3. The Morgan fingerprint density at radius 1 is 1.35 bits per heavy atom. The summed E-state index contributed by atoms with van der Waals surface area (Å²) < 4.78 is 36.9. The average Bonchev–Trinajstić information content (AvgIpc) is 2.28. The molecule has 1 fully saturated rings. The Balaban J connectivity index is 2.12. The van der Waals surface area contributed by atoms with E-state index in [1.165, 1.54) is 6.20 Å². The second-order valence-corrected chi connectivity index (χ2v) is 4.06. The lowest BCUT2D eigenvalue weighted by Gasteiger charge is -2.32. The van der Waals surface area contributed by atoms with Crippen molar-refractivity contribution in [1.82, 2.24) is 15.3 Å². The summed E-state index contributed by atoms with van der Waals surface area (Å²) in [6.45, 7) is 4.26. The third-order valence-electron chi connectivity index (χ3n) is 2.62. The SMILES string of the molecule is CC1CN(c2cnc(C(F)(F)F)cn2)CCN1. The van der Waals surface area contributed by atoms with E-state index in [-0.39, 0.29) is 0 Å². The van der Waals surface area contributed by atoms with Crippen molar-refractivity contribution < 1.29 is 13.2 Å². The number of alkyl halides is 3. The van der Waals surface area contributed by atoms with Crippen molar-refractivity contribution in [2.24, 2.45) is 0 Å². The fraction of sp³-hybridized carbons (Fsp3) is 0.600. The fourth-order valence-electron chi connectivity index (χ4n) is 1.77. The van der Waals surface area contributed by atoms with E-state index in [0.717, 1.165) is 25.8 Å². The second kappa shape index (κ2) is 4.48. The van der Waals surface area contributed by atoms with Crippen LogP contribution in [-0.4, -0.2) is 35.6 Å². The zero-order chi connectivity index (χ0) is 12.5. The molecule has 17 heavy (non-hydrogen) atoms. The van der Waals surface area contributed by atoms with Gasteiger partial charge in [-0.2, -0.15) is 13.2 Å². The highest BCUT2D eigenvalue weighted by Crippen LogP contribution is 2.27. The molecule has 0 saturated carbocycles. The number of rotatable bonds is 1. The number of nitrogens with zero attached hydrogens (tertiary/aromatic N) is 3. The molecule has 0 radical (unpaired) electrons. The van der Waals surface area contributed by atoms with Crippen molar-refractivity contribution in [3.8, 4) is 0 Å². The van der Waals surface area contributed by atoms with E-state index < -0.39 is 11.9 Å². The van der Waals surface area contributed by atoms with Crippen molar-refractivity contribution >= 4 is 5.82 Å². The van der Waals surface area contributed by atoms with Crippen molar-refractivity contribution in [1.29, 1.82) is 0 Å². The topological polar surface area (TPSA) is 41.1 Å². The van der Waals surface area contributed by atoms with Crippen LogP contribution in [0.15, 0.2) is 12.4 Å². The highest BCUT2D eigenvalue weighted by molar-refractivity contribution is 5.37. The zero-order valence-electron chi connectivity index (χ0n) is 9.33. The minimum Gasteiger partial charge on any atom is -0.353 e. The summed E-state index contributed by atoms with van der Waals surface area (Å²) in [4.78, 5) is 9.14. The molecule has 0 amide bonds. The Morgan fingerprint density at radius 2 is 2.12 bits per heavy atom. The standard InChI is InChI=1S/C10H13F3N4/c1-7-6-17(3-2-14-7)9-5-15-8(4-16-9)10(11,12)13/h4-5,7,14H,2-3,6H2,1H3. The Labute approximate surface area is 96.9 Å². The molecule has 0 spiro atoms. The summed E-state index contributed by atoms with van der Waals surface area (Å²) in [5.41, 5.74) is -0.954. The van der Waals surface area contributed by atoms with Crippen molar-refractivity contribution in [2.75, 3.05) is 24.5 Å². The van der Waals surface area contributed by atoms with Gasteiger partial charge in [0.05, 0.1) is 12.4 Å². The van der Waals surface area contributed by atoms with Gasteiger partial charge in [0.15, 0.2) is 5.69 Å². The summed E-state index contributed by atoms with van der Waals surface area (Å²) in [7, 11) is 0. The van der Waals surface area contributed by atoms with Crippen LogP contribution in [0.25, 0.3) is 0 Å². The van der Waals surface area contributed by atoms with Gasteiger partial charge in [-0.15, -0.1) is 0 Å². The van der Waals surface area contributed by atoms with Gasteiger partial charge in [-0.1, -0.05) is 0 Å². The van der Waals surface area contributed by atoms with Crippen LogP contribution in [0.2, 0.25) is 0 Å². The lowest BCUT2D eigenvalue weighted by Crippen LogP contribution is -2.49. The number of piperazine rings is 1. The van der Waals surface area contributed by atoms with Crippen LogP contribution in [-0.2, 0) is 6.18 Å². The molecule has 0 bridgehead atoms. The molecule has 1 atom stereocenters. The molecule has 1 N–H and O–H groups in total. The maximum absolute atomic E-state index is 12.3. The van der Waals surface area contributed by atoms with E-state index in [2.05, 4.69) is 15.3 Å². The summed E-state index contributed by atoms with van der Waals surface area (Å²) in [5, 5.41) is 3.25. The number of nitrogens with one attached hydrogen (secondary N) is 1. The summed E-state index contributed by atoms with van der Waals surface area (Å²) in [6, 6.07) is 0.299. The minimum atomic E-state index is -4.43. The molecule has 4 nitrogen and oxygen atoms in total. The highest BCUT2D eigenvalue weighted by Gasteiger charge is 2.33. The monoisotopic (exact) mass is 246 g/mol. The molecular formula is C10H13F3N4. The third kappa shape index (κ3) is 2.85. The second-order valence-electron chi connectivity index (χ2n) is 4.06. The van der Waals surface area contributed by atoms with Crippen LogP contribution in [0.5, 0.6) is 0 Å². The van der Waals surface area contributed by atoms with Gasteiger partial charge in [0.2, 0.25) is 0 Å². The first-order chi connectivity index (χ1) is 7.97. The predicted octanol–water partition coefficient (Wildman–Crippen LogP) is 1.29. The molecule has 1 aliphatic heterocycles. The van der Waals surface area contributed by atoms with Gasteiger partial charge in [0, 0.05) is 25.7 Å². The fourth-order valence-corrected chi connectivity index (χ4v) is 1.77. The van der Waals surface area contributed by atoms with Gasteiger partial charge in [-0.25, -0.2) is 9.97 Å². The molecule has 1 aromatic rings. The van der Waals surface area contributed by atoms with Crippen molar-refractivity contribution in [2.45, 2.75) is 19.1 Å². The highest BCUT2D eigenvalue weighted by atomic mass is 19.4. The molecule has 7 heteroatoms. The van der Waals surface area contributed by atoms with E-state index in [1.54, 1.807) is 0 Å². The van der Waals surface area contributed by atoms with Crippen LogP contribution < -0.4 is 10.2 Å². The minimum absolute atomic E-state index is 0.299. The van der Waals surface area contributed by atoms with Gasteiger partial charge < -0.3 is 10.2 Å². The van der Waals surface area contributed by atoms with Crippen LogP contribution in [0.1, 0.15) is 12.6 Å². The Kier molecular flexibility index (Phi) is 3.19. The molecule has 1 aromatic heterocycles. The first-order valence-electron chi connectivity index (χ1n) is 5.34. The summed E-state index contributed by atoms with van der Waals surface area (Å²) in [5.74, 6) is 0.492. The van der Waals surface area contributed by atoms with E-state index in [1.807, 2.05) is 11.8 Å². The van der Waals surface area contributed by atoms with Gasteiger partial charge in [0.25, 0.3) is 0 Å². The van der Waals surface area contributed by atoms with Gasteiger partial charge in [-0.05, 0) is 6.92 Å². The smallest absolute Gasteiger partial charge is 0.353 e. The molecule has 2 heterocycles. The Bertz CT molecular complexity index is 376. The number of aromatic nitrogens is 2. The third-order valence-corrected chi connectivity index (χ3v) is 2.62. The first-order valence-corrected chi connectivity index (χ1v) is 5.34. The zero-order valence-corrected chi connectivity index (χ0v) is 9.33. The van der Waals surface area contributed by atoms with Crippen LogP contribution in [0.3, 0.4) is 0 Å². The number of hydrogen-bond acceptors (Lipinski definition) is 4. The lowest BCUT2D eigenvalue weighted by atomic mass is 10.2. The van der Waals surface area contributed by atoms with Gasteiger partial charge in [-0.3, -0.25) is 0 Å². The molecule has 0 aromatic carbocycles. The van der Waals surface area contributed by atoms with E-state index in [4.69, 9.17) is 0 Å². The quantitative estimate of drug-likeness (QED) is 0.810. The molecule has 2 rings (SSSR count). The van der Waals surface area contributed by atoms with E-state index in [9.17, 15) is 13.2 Å². The van der Waals surface area contributed by atoms with Crippen LogP contribution >= 0.6 is 0 Å². The molecular weight excluding hydrogens is 233 g/mol. The lowest BCUT2D eigenvalue weighted by molar-refractivity contribution is -0.141. The van der Waals surface area contributed by atoms with Crippen LogP contribution in [0.4, 0.5) is 19.0 Å². The van der Waals surface area contributed by atoms with Crippen molar-refractivity contribution in [3.63, 3.8) is 0 Å². The summed E-state index contributed by atoms with van der Waals surface area (Å²) >= 11 is 0. The van der Waals surface area contributed by atoms with Crippen molar-refractivity contribution in [3.05, 3.63) is 18.1 Å². The Morgan fingerprint density at radius 3 is 2.65 bits per heavy atom. The largest absolute Gasteiger partial charge is 0.434 e. The average molecular weight is 246 g/mol. The number of hydrogen-bond donors (Lipinski definition) is 1. The molecule has 0 aliphatic carbocycles. The Hall–Kier alpha value is -1.37. The van der Waals surface area contributed by atoms with Gasteiger partial charge in [0.1, 0.15) is 5.82 Å². The molecule has 94 valence electrons. The predicted molar refractivity (Wildman–Crippen MR) is 56.7 cm³/mol. The van der Waals surface area contributed by atoms with E-state index in [0.29, 0.717) is 11.9 Å². The summed E-state index contributed by atoms with van der Waals surface area (Å²) in [6.07, 6.45) is -2.47. The maximum Gasteiger partial charge on any atom is 0.434 e. The number of halogens is 3. The van der Waals surface area contributed by atoms with Gasteiger partial charge >= 0.3 is 6.18 Å². The first kappa shape index (κ1) is 12.1. The van der Waals surface area contributed by atoms with E-state index >= 15 is 0 Å². The normalized spacial score (nSPS) is 21.6. The van der Waals surface area contributed by atoms with Crippen LogP contribution in [0, 0.1) is 0 Å². The molecule has 1 unspecified atom stereocenters. The molecule has 1 saturated heterocycles. The molecule has 1 aliphatic rings.